The molecule has 0 amide bonds. The summed E-state index contributed by atoms with van der Waals surface area (Å²) in [4.78, 5) is 4.25. The average molecular weight is 391 g/mol. The zero-order valence-electron chi connectivity index (χ0n) is 13.6. The van der Waals surface area contributed by atoms with E-state index in [4.69, 9.17) is 4.74 Å². The van der Waals surface area contributed by atoms with Gasteiger partial charge in [-0.1, -0.05) is 35.6 Å². The Hall–Kier alpha value is -2.65. The maximum atomic E-state index is 14.0. The second-order valence-corrected chi connectivity index (χ2v) is 7.35. The van der Waals surface area contributed by atoms with Gasteiger partial charge in [0.05, 0.1) is 21.8 Å². The summed E-state index contributed by atoms with van der Waals surface area (Å²) in [6.45, 7) is -0.326. The van der Waals surface area contributed by atoms with Gasteiger partial charge in [0.25, 0.3) is 5.72 Å². The Morgan fingerprint density at radius 2 is 1.89 bits per heavy atom. The lowest BCUT2D eigenvalue weighted by atomic mass is 9.86. The van der Waals surface area contributed by atoms with Crippen molar-refractivity contribution >= 4 is 32.4 Å². The first-order chi connectivity index (χ1) is 12.9. The third-order valence-corrected chi connectivity index (χ3v) is 5.81. The number of hydrazone groups is 1. The maximum absolute atomic E-state index is 14.0. The van der Waals surface area contributed by atoms with Gasteiger partial charge >= 0.3 is 6.18 Å². The molecule has 0 fully saturated rings. The van der Waals surface area contributed by atoms with Crippen LogP contribution < -0.4 is 9.75 Å². The molecule has 0 aliphatic carbocycles. The predicted molar refractivity (Wildman–Crippen MR) is 95.1 cm³/mol. The van der Waals surface area contributed by atoms with E-state index >= 15 is 0 Å². The van der Waals surface area contributed by atoms with Gasteiger partial charge < -0.3 is 9.84 Å². The first-order valence-corrected chi connectivity index (χ1v) is 8.97. The van der Waals surface area contributed by atoms with E-state index in [1.54, 1.807) is 48.5 Å². The average Bonchev–Trinajstić information content (AvgIpc) is 3.21. The first kappa shape index (κ1) is 16.5. The fourth-order valence-electron chi connectivity index (χ4n) is 3.46. The highest BCUT2D eigenvalue weighted by Gasteiger charge is 2.69. The standard InChI is InChI=1S/C18H12F3N3O2S/c19-18(20,21)17(25)11-9-26-13-7-3-1-5-10(13)15(11)23-24(17)16-22-12-6-2-4-8-14(12)27-16/h1-8,11,25H,9H2/t11-,17+/m0/s1. The maximum Gasteiger partial charge on any atom is 0.439 e. The molecular weight excluding hydrogens is 379 g/mol. The molecule has 2 aliphatic heterocycles. The van der Waals surface area contributed by atoms with Crippen LogP contribution in [-0.2, 0) is 0 Å². The number of hydrogen-bond acceptors (Lipinski definition) is 6. The molecule has 0 bridgehead atoms. The smallest absolute Gasteiger partial charge is 0.439 e. The fraction of sp³-hybridized carbons (Fsp3) is 0.222. The number of alkyl halides is 3. The Kier molecular flexibility index (Phi) is 3.32. The van der Waals surface area contributed by atoms with Gasteiger partial charge in [0, 0.05) is 5.56 Å². The van der Waals surface area contributed by atoms with Crippen LogP contribution in [0.15, 0.2) is 53.6 Å². The van der Waals surface area contributed by atoms with Crippen molar-refractivity contribution in [1.82, 2.24) is 4.98 Å². The van der Waals surface area contributed by atoms with Gasteiger partial charge in [-0.2, -0.15) is 23.3 Å². The molecule has 2 aliphatic rings. The number of fused-ring (bicyclic) bond motifs is 4. The zero-order valence-corrected chi connectivity index (χ0v) is 14.5. The summed E-state index contributed by atoms with van der Waals surface area (Å²) in [7, 11) is 0. The molecule has 3 heterocycles. The van der Waals surface area contributed by atoms with Crippen molar-refractivity contribution in [2.75, 3.05) is 11.6 Å². The molecule has 0 saturated carbocycles. The van der Waals surface area contributed by atoms with Crippen molar-refractivity contribution < 1.29 is 23.0 Å². The van der Waals surface area contributed by atoms with Crippen LogP contribution in [0.25, 0.3) is 10.2 Å². The van der Waals surface area contributed by atoms with Crippen LogP contribution in [0.1, 0.15) is 5.56 Å². The second kappa shape index (κ2) is 5.43. The highest BCUT2D eigenvalue weighted by molar-refractivity contribution is 7.22. The summed E-state index contributed by atoms with van der Waals surface area (Å²) in [6, 6.07) is 13.7. The molecule has 2 aromatic carbocycles. The highest BCUT2D eigenvalue weighted by Crippen LogP contribution is 2.50. The lowest BCUT2D eigenvalue weighted by molar-refractivity contribution is -0.270. The lowest BCUT2D eigenvalue weighted by Gasteiger charge is -2.38. The van der Waals surface area contributed by atoms with E-state index in [0.29, 0.717) is 26.5 Å². The molecule has 0 saturated heterocycles. The minimum Gasteiger partial charge on any atom is -0.492 e. The Balaban J connectivity index is 1.71. The summed E-state index contributed by atoms with van der Waals surface area (Å²) in [5, 5.41) is 15.6. The molecule has 138 valence electrons. The largest absolute Gasteiger partial charge is 0.492 e. The number of hydrogen-bond donors (Lipinski definition) is 1. The Morgan fingerprint density at radius 3 is 2.67 bits per heavy atom. The summed E-state index contributed by atoms with van der Waals surface area (Å²) < 4.78 is 48.3. The molecule has 5 rings (SSSR count). The topological polar surface area (TPSA) is 58.0 Å². The number of anilines is 1. The van der Waals surface area contributed by atoms with E-state index < -0.39 is 17.8 Å². The summed E-state index contributed by atoms with van der Waals surface area (Å²) >= 11 is 1.05. The third kappa shape index (κ3) is 2.21. The van der Waals surface area contributed by atoms with Gasteiger partial charge in [-0.25, -0.2) is 4.98 Å². The summed E-state index contributed by atoms with van der Waals surface area (Å²) in [5.74, 6) is -0.928. The second-order valence-electron chi connectivity index (χ2n) is 6.34. The number of thiazole rings is 1. The Morgan fingerprint density at radius 1 is 1.15 bits per heavy atom. The van der Waals surface area contributed by atoms with Crippen LogP contribution >= 0.6 is 11.3 Å². The molecule has 1 N–H and O–H groups in total. The van der Waals surface area contributed by atoms with Gasteiger partial charge in [0.1, 0.15) is 12.4 Å². The molecule has 5 nitrogen and oxygen atoms in total. The highest BCUT2D eigenvalue weighted by atomic mass is 32.1. The number of aliphatic hydroxyl groups is 1. The number of para-hydroxylation sites is 2. The molecule has 27 heavy (non-hydrogen) atoms. The first-order valence-electron chi connectivity index (χ1n) is 8.15. The number of aromatic nitrogens is 1. The number of benzene rings is 2. The van der Waals surface area contributed by atoms with Crippen LogP contribution in [0.2, 0.25) is 0 Å². The third-order valence-electron chi connectivity index (χ3n) is 4.80. The SMILES string of the molecule is O[C@@]1(C(F)(F)F)[C@H]2COc3ccccc3C2=NN1c1nc2ccccc2s1. The predicted octanol–water partition coefficient (Wildman–Crippen LogP) is 3.78. The van der Waals surface area contributed by atoms with Crippen molar-refractivity contribution in [2.24, 2.45) is 11.0 Å². The molecule has 9 heteroatoms. The van der Waals surface area contributed by atoms with Crippen molar-refractivity contribution in [3.8, 4) is 5.75 Å². The molecule has 0 unspecified atom stereocenters. The Bertz CT molecular complexity index is 1050. The van der Waals surface area contributed by atoms with E-state index in [1.807, 2.05) is 0 Å². The van der Waals surface area contributed by atoms with Crippen molar-refractivity contribution in [1.29, 1.82) is 0 Å². The molecule has 1 aromatic heterocycles. The van der Waals surface area contributed by atoms with Crippen LogP contribution in [-0.4, -0.2) is 34.3 Å². The van der Waals surface area contributed by atoms with Gasteiger partial charge in [0.15, 0.2) is 0 Å². The minimum absolute atomic E-state index is 0.0181. The summed E-state index contributed by atoms with van der Waals surface area (Å²) in [5.41, 5.74) is -2.09. The monoisotopic (exact) mass is 391 g/mol. The summed E-state index contributed by atoms with van der Waals surface area (Å²) in [6.07, 6.45) is -4.96. The van der Waals surface area contributed by atoms with Crippen LogP contribution in [0.4, 0.5) is 18.3 Å². The van der Waals surface area contributed by atoms with Crippen molar-refractivity contribution in [3.63, 3.8) is 0 Å². The van der Waals surface area contributed by atoms with E-state index in [-0.39, 0.29) is 17.5 Å². The van der Waals surface area contributed by atoms with Crippen LogP contribution in [0, 0.1) is 5.92 Å². The van der Waals surface area contributed by atoms with Crippen LogP contribution in [0.5, 0.6) is 5.75 Å². The van der Waals surface area contributed by atoms with Gasteiger partial charge in [-0.15, -0.1) is 0 Å². The Labute approximate surface area is 155 Å². The number of nitrogens with zero attached hydrogens (tertiary/aromatic N) is 3. The molecule has 0 radical (unpaired) electrons. The fourth-order valence-corrected chi connectivity index (χ4v) is 4.43. The van der Waals surface area contributed by atoms with Gasteiger partial charge in [-0.3, -0.25) is 0 Å². The van der Waals surface area contributed by atoms with Crippen LogP contribution in [0.3, 0.4) is 0 Å². The zero-order chi connectivity index (χ0) is 18.8. The molecule has 0 spiro atoms. The molecular formula is C18H12F3N3O2S. The quantitative estimate of drug-likeness (QED) is 0.686. The minimum atomic E-state index is -4.96. The van der Waals surface area contributed by atoms with Gasteiger partial charge in [0.2, 0.25) is 5.13 Å². The van der Waals surface area contributed by atoms with E-state index in [2.05, 4.69) is 10.1 Å². The molecule has 3 aromatic rings. The number of halogens is 3. The molecule has 2 atom stereocenters. The van der Waals surface area contributed by atoms with E-state index in [1.165, 1.54) is 0 Å². The number of rotatable bonds is 1. The van der Waals surface area contributed by atoms with Crippen molar-refractivity contribution in [2.45, 2.75) is 11.9 Å². The lowest BCUT2D eigenvalue weighted by Crippen LogP contribution is -2.61. The van der Waals surface area contributed by atoms with Gasteiger partial charge in [-0.05, 0) is 24.3 Å². The van der Waals surface area contributed by atoms with Crippen molar-refractivity contribution in [3.05, 3.63) is 54.1 Å². The van der Waals surface area contributed by atoms with E-state index in [9.17, 15) is 18.3 Å². The van der Waals surface area contributed by atoms with E-state index in [0.717, 1.165) is 11.3 Å². The number of ether oxygens (including phenoxy) is 1. The normalized spacial score (nSPS) is 24.4.